The molecule has 0 saturated heterocycles. The summed E-state index contributed by atoms with van der Waals surface area (Å²) in [4.78, 5) is 25.5. The zero-order chi connectivity index (χ0) is 19.3. The van der Waals surface area contributed by atoms with Crippen molar-refractivity contribution in [3.05, 3.63) is 41.6 Å². The average molecular weight is 396 g/mol. The number of nitrogens with zero attached hydrogens (tertiary/aromatic N) is 1. The van der Waals surface area contributed by atoms with E-state index in [-0.39, 0.29) is 23.6 Å². The number of aromatic amines is 1. The molecule has 8 nitrogen and oxygen atoms in total. The van der Waals surface area contributed by atoms with Crippen LogP contribution in [0.4, 0.5) is 5.69 Å². The minimum Gasteiger partial charge on any atom is -0.493 e. The lowest BCUT2D eigenvalue weighted by molar-refractivity contribution is -0.385. The Kier molecular flexibility index (Phi) is 6.47. The molecule has 138 valence electrons. The fraction of sp³-hybridized carbons (Fsp3) is 0.250. The van der Waals surface area contributed by atoms with Crippen molar-refractivity contribution in [1.82, 2.24) is 4.98 Å². The molecule has 0 fully saturated rings. The minimum absolute atomic E-state index is 0.163. The van der Waals surface area contributed by atoms with Gasteiger partial charge in [0.05, 0.1) is 47.3 Å². The Bertz CT molecular complexity index is 1010. The molecule has 0 saturated carbocycles. The first kappa shape index (κ1) is 19.6. The summed E-state index contributed by atoms with van der Waals surface area (Å²) < 4.78 is 16.2. The average Bonchev–Trinajstić information content (AvgIpc) is 2.93. The number of rotatable bonds is 6. The number of hydrogen-bond donors (Lipinski definition) is 1. The van der Waals surface area contributed by atoms with E-state index in [1.165, 1.54) is 43.8 Å². The van der Waals surface area contributed by atoms with Crippen LogP contribution in [-0.4, -0.2) is 36.7 Å². The summed E-state index contributed by atoms with van der Waals surface area (Å²) in [5.41, 5.74) is 0.125. The lowest BCUT2D eigenvalue weighted by Gasteiger charge is -2.08. The fourth-order valence-electron chi connectivity index (χ4n) is 2.17. The van der Waals surface area contributed by atoms with Crippen LogP contribution in [0.2, 0.25) is 0 Å². The predicted molar refractivity (Wildman–Crippen MR) is 99.6 cm³/mol. The summed E-state index contributed by atoms with van der Waals surface area (Å²) in [7, 11) is 2.84. The van der Waals surface area contributed by atoms with Crippen LogP contribution in [-0.2, 0) is 9.53 Å². The lowest BCUT2D eigenvalue weighted by Crippen LogP contribution is -2.23. The number of nitrogens with one attached hydrogen (secondary N) is 1. The number of H-pyrrole nitrogens is 1. The molecule has 0 spiro atoms. The molecule has 1 aromatic carbocycles. The number of benzene rings is 1. The van der Waals surface area contributed by atoms with E-state index < -0.39 is 10.9 Å². The predicted octanol–water partition coefficient (Wildman–Crippen LogP) is 1.90. The molecule has 26 heavy (non-hydrogen) atoms. The van der Waals surface area contributed by atoms with Crippen molar-refractivity contribution in [1.29, 1.82) is 0 Å². The molecule has 0 aliphatic carbocycles. The van der Waals surface area contributed by atoms with E-state index in [0.29, 0.717) is 19.6 Å². The van der Waals surface area contributed by atoms with Gasteiger partial charge in [0.25, 0.3) is 5.69 Å². The molecule has 0 aliphatic heterocycles. The van der Waals surface area contributed by atoms with Crippen molar-refractivity contribution in [2.75, 3.05) is 20.8 Å². The van der Waals surface area contributed by atoms with Gasteiger partial charge in [-0.1, -0.05) is 0 Å². The Balaban J connectivity index is 2.72. The van der Waals surface area contributed by atoms with Crippen LogP contribution in [0.15, 0.2) is 12.1 Å². The summed E-state index contributed by atoms with van der Waals surface area (Å²) >= 11 is 6.30. The van der Waals surface area contributed by atoms with Gasteiger partial charge in [-0.2, -0.15) is 0 Å². The van der Waals surface area contributed by atoms with Crippen LogP contribution in [0, 0.1) is 14.1 Å². The molecular weight excluding hydrogens is 380 g/mol. The van der Waals surface area contributed by atoms with E-state index in [4.69, 9.17) is 26.4 Å². The van der Waals surface area contributed by atoms with Gasteiger partial charge in [-0.05, 0) is 31.3 Å². The normalized spacial score (nSPS) is 12.1. The van der Waals surface area contributed by atoms with Crippen molar-refractivity contribution in [3.8, 4) is 11.5 Å². The van der Waals surface area contributed by atoms with Gasteiger partial charge in [-0.25, -0.2) is 4.79 Å². The highest BCUT2D eigenvalue weighted by Gasteiger charge is 2.18. The maximum atomic E-state index is 11.7. The molecule has 0 amide bonds. The van der Waals surface area contributed by atoms with Crippen LogP contribution < -0.4 is 19.4 Å². The number of carbonyl (C=O) groups is 1. The summed E-state index contributed by atoms with van der Waals surface area (Å²) in [5.74, 6) is 0.0591. The summed E-state index contributed by atoms with van der Waals surface area (Å²) in [6, 6.07) is 2.78. The van der Waals surface area contributed by atoms with Crippen molar-refractivity contribution in [2.24, 2.45) is 0 Å². The molecule has 0 atom stereocenters. The highest BCUT2D eigenvalue weighted by Crippen LogP contribution is 2.34. The van der Waals surface area contributed by atoms with E-state index in [9.17, 15) is 14.9 Å². The summed E-state index contributed by atoms with van der Waals surface area (Å²) in [5, 5.41) is 11.8. The lowest BCUT2D eigenvalue weighted by atomic mass is 10.1. The number of hydrogen-bond acceptors (Lipinski definition) is 8. The third-order valence-electron chi connectivity index (χ3n) is 3.27. The van der Waals surface area contributed by atoms with Gasteiger partial charge in [0.15, 0.2) is 15.5 Å². The fourth-order valence-corrected chi connectivity index (χ4v) is 3.31. The Morgan fingerprint density at radius 2 is 2.00 bits per heavy atom. The SMILES string of the molecule is CCOC(=O)/C=c1\[nH]c(=S)s\c1=C/c1cc(OC)c(OC)cc1[N+](=O)[O-]. The molecule has 2 rings (SSSR count). The smallest absolute Gasteiger partial charge is 0.332 e. The van der Waals surface area contributed by atoms with Crippen LogP contribution in [0.1, 0.15) is 12.5 Å². The molecule has 0 aliphatic rings. The topological polar surface area (TPSA) is 104 Å². The zero-order valence-electron chi connectivity index (χ0n) is 14.2. The molecular formula is C16H16N2O6S2. The molecule has 10 heteroatoms. The standard InChI is InChI=1S/C16H16N2O6S2/c1-4-24-15(19)7-10-14(26-16(25)17-10)6-9-5-12(22-2)13(23-3)8-11(9)18(20)21/h5-8H,4H2,1-3H3,(H,17,25)/b10-7-,14-6-. The highest BCUT2D eigenvalue weighted by molar-refractivity contribution is 7.73. The van der Waals surface area contributed by atoms with E-state index in [0.717, 1.165) is 0 Å². The number of thiazole rings is 1. The first-order chi connectivity index (χ1) is 12.4. The number of nitro groups is 1. The second-order valence-electron chi connectivity index (χ2n) is 4.86. The van der Waals surface area contributed by atoms with Gasteiger partial charge in [0, 0.05) is 6.08 Å². The van der Waals surface area contributed by atoms with Gasteiger partial charge < -0.3 is 19.2 Å². The molecule has 1 aromatic heterocycles. The van der Waals surface area contributed by atoms with E-state index >= 15 is 0 Å². The Labute approximate surface area is 157 Å². The van der Waals surface area contributed by atoms with Gasteiger partial charge in [-0.3, -0.25) is 10.1 Å². The maximum absolute atomic E-state index is 11.7. The van der Waals surface area contributed by atoms with E-state index in [1.807, 2.05) is 0 Å². The van der Waals surface area contributed by atoms with Gasteiger partial charge in [0.1, 0.15) is 0 Å². The van der Waals surface area contributed by atoms with E-state index in [1.54, 1.807) is 13.0 Å². The van der Waals surface area contributed by atoms with E-state index in [2.05, 4.69) is 4.98 Å². The number of carbonyl (C=O) groups excluding carboxylic acids is 1. The molecule has 0 radical (unpaired) electrons. The van der Waals surface area contributed by atoms with Crippen molar-refractivity contribution >= 4 is 47.4 Å². The third kappa shape index (κ3) is 4.46. The molecule has 0 bridgehead atoms. The highest BCUT2D eigenvalue weighted by atomic mass is 32.1. The maximum Gasteiger partial charge on any atom is 0.332 e. The van der Waals surface area contributed by atoms with Crippen molar-refractivity contribution in [3.63, 3.8) is 0 Å². The van der Waals surface area contributed by atoms with Gasteiger partial charge in [0.2, 0.25) is 0 Å². The summed E-state index contributed by atoms with van der Waals surface area (Å²) in [6.07, 6.45) is 2.82. The zero-order valence-corrected chi connectivity index (χ0v) is 15.9. The number of nitro benzene ring substituents is 1. The van der Waals surface area contributed by atoms with Crippen LogP contribution in [0.25, 0.3) is 12.2 Å². The third-order valence-corrected chi connectivity index (χ3v) is 4.47. The molecule has 0 unspecified atom stereocenters. The first-order valence-corrected chi connectivity index (χ1v) is 8.61. The number of methoxy groups -OCH3 is 2. The number of aromatic nitrogens is 1. The largest absolute Gasteiger partial charge is 0.493 e. The number of ether oxygens (including phenoxy) is 3. The first-order valence-electron chi connectivity index (χ1n) is 7.39. The quantitative estimate of drug-likeness (QED) is 0.344. The van der Waals surface area contributed by atoms with Gasteiger partial charge >= 0.3 is 5.97 Å². The monoisotopic (exact) mass is 396 g/mol. The van der Waals surface area contributed by atoms with Gasteiger partial charge in [-0.15, -0.1) is 11.3 Å². The van der Waals surface area contributed by atoms with Crippen molar-refractivity contribution in [2.45, 2.75) is 6.92 Å². The second kappa shape index (κ2) is 8.59. The Morgan fingerprint density at radius 3 is 2.58 bits per heavy atom. The van der Waals surface area contributed by atoms with Crippen molar-refractivity contribution < 1.29 is 23.9 Å². The van der Waals surface area contributed by atoms with Crippen LogP contribution in [0.5, 0.6) is 11.5 Å². The Morgan fingerprint density at radius 1 is 1.35 bits per heavy atom. The van der Waals surface area contributed by atoms with Crippen LogP contribution >= 0.6 is 23.6 Å². The second-order valence-corrected chi connectivity index (χ2v) is 6.58. The molecule has 1 N–H and O–H groups in total. The Hall–Kier alpha value is -2.72. The molecule has 2 aromatic rings. The summed E-state index contributed by atoms with van der Waals surface area (Å²) in [6.45, 7) is 1.93. The minimum atomic E-state index is -0.534. The molecule has 1 heterocycles. The van der Waals surface area contributed by atoms with Crippen LogP contribution in [0.3, 0.4) is 0 Å². The number of esters is 1.